The molecule has 2 heteroatoms. The lowest BCUT2D eigenvalue weighted by atomic mass is 10.2. The van der Waals surface area contributed by atoms with Crippen molar-refractivity contribution < 1.29 is 9.47 Å². The smallest absolute Gasteiger partial charge is 0.161 e. The number of aryl methyl sites for hydroxylation is 1. The fraction of sp³-hybridized carbons (Fsp3) is 0.467. The van der Waals surface area contributed by atoms with E-state index in [4.69, 9.17) is 9.47 Å². The molecule has 1 aromatic rings. The van der Waals surface area contributed by atoms with Gasteiger partial charge in [0.25, 0.3) is 0 Å². The average Bonchev–Trinajstić information content (AvgIpc) is 2.33. The Morgan fingerprint density at radius 2 is 1.82 bits per heavy atom. The predicted octanol–water partition coefficient (Wildman–Crippen LogP) is 4.37. The molecule has 1 aromatic carbocycles. The van der Waals surface area contributed by atoms with Gasteiger partial charge in [-0.25, -0.2) is 0 Å². The minimum absolute atomic E-state index is 0.585. The van der Waals surface area contributed by atoms with Crippen molar-refractivity contribution in [1.29, 1.82) is 0 Å². The molecule has 96 valence electrons. The molecule has 0 aromatic heterocycles. The Morgan fingerprint density at radius 1 is 1.18 bits per heavy atom. The second-order valence-corrected chi connectivity index (χ2v) is 3.75. The summed E-state index contributed by atoms with van der Waals surface area (Å²) in [7, 11) is 1.66. The van der Waals surface area contributed by atoms with Crippen LogP contribution in [0.2, 0.25) is 0 Å². The summed E-state index contributed by atoms with van der Waals surface area (Å²) in [4.78, 5) is 0. The Morgan fingerprint density at radius 3 is 2.35 bits per heavy atom. The first-order chi connectivity index (χ1) is 8.13. The van der Waals surface area contributed by atoms with E-state index < -0.39 is 0 Å². The van der Waals surface area contributed by atoms with Gasteiger partial charge in [-0.05, 0) is 44.5 Å². The highest BCUT2D eigenvalue weighted by Crippen LogP contribution is 2.27. The quantitative estimate of drug-likeness (QED) is 0.722. The molecule has 0 unspecified atom stereocenters. The third-order valence-corrected chi connectivity index (χ3v) is 2.05. The van der Waals surface area contributed by atoms with E-state index in [0.717, 1.165) is 11.5 Å². The van der Waals surface area contributed by atoms with Gasteiger partial charge in [0, 0.05) is 0 Å². The number of allylic oxidation sites excluding steroid dienone is 1. The van der Waals surface area contributed by atoms with Crippen LogP contribution in [-0.4, -0.2) is 13.7 Å². The van der Waals surface area contributed by atoms with Crippen LogP contribution in [0.1, 0.15) is 33.3 Å². The van der Waals surface area contributed by atoms with E-state index in [2.05, 4.69) is 13.8 Å². The van der Waals surface area contributed by atoms with Crippen LogP contribution in [0.15, 0.2) is 29.8 Å². The maximum atomic E-state index is 5.59. The molecule has 0 saturated carbocycles. The zero-order valence-corrected chi connectivity index (χ0v) is 11.8. The van der Waals surface area contributed by atoms with Crippen molar-refractivity contribution in [2.24, 2.45) is 0 Å². The summed E-state index contributed by atoms with van der Waals surface area (Å²) in [6, 6.07) is 5.92. The molecule has 0 spiro atoms. The summed E-state index contributed by atoms with van der Waals surface area (Å²) in [5.74, 6) is 1.58. The van der Waals surface area contributed by atoms with Gasteiger partial charge in [0.2, 0.25) is 0 Å². The summed E-state index contributed by atoms with van der Waals surface area (Å²) >= 11 is 0. The molecule has 2 nitrogen and oxygen atoms in total. The fourth-order valence-corrected chi connectivity index (χ4v) is 1.19. The van der Waals surface area contributed by atoms with Crippen LogP contribution >= 0.6 is 0 Å². The Bertz CT molecular complexity index is 350. The second kappa shape index (κ2) is 8.68. The van der Waals surface area contributed by atoms with Gasteiger partial charge in [0.1, 0.15) is 6.61 Å². The van der Waals surface area contributed by atoms with E-state index in [9.17, 15) is 0 Å². The van der Waals surface area contributed by atoms with E-state index in [0.29, 0.717) is 6.61 Å². The van der Waals surface area contributed by atoms with Gasteiger partial charge in [-0.1, -0.05) is 25.5 Å². The van der Waals surface area contributed by atoms with Crippen molar-refractivity contribution in [2.75, 3.05) is 13.7 Å². The lowest BCUT2D eigenvalue weighted by Gasteiger charge is -2.09. The van der Waals surface area contributed by atoms with Crippen molar-refractivity contribution in [3.8, 4) is 11.5 Å². The lowest BCUT2D eigenvalue weighted by molar-refractivity contribution is 0.325. The molecule has 0 amide bonds. The molecular weight excluding hydrogens is 212 g/mol. The van der Waals surface area contributed by atoms with Crippen molar-refractivity contribution in [3.63, 3.8) is 0 Å². The molecule has 1 rings (SSSR count). The maximum Gasteiger partial charge on any atom is 0.161 e. The van der Waals surface area contributed by atoms with Gasteiger partial charge in [-0.3, -0.25) is 0 Å². The summed E-state index contributed by atoms with van der Waals surface area (Å²) in [5, 5.41) is 0. The third kappa shape index (κ3) is 6.00. The molecule has 17 heavy (non-hydrogen) atoms. The highest BCUT2D eigenvalue weighted by Gasteiger charge is 2.02. The predicted molar refractivity (Wildman–Crippen MR) is 74.0 cm³/mol. The van der Waals surface area contributed by atoms with Crippen LogP contribution in [0.5, 0.6) is 11.5 Å². The molecule has 0 aliphatic carbocycles. The topological polar surface area (TPSA) is 18.5 Å². The fourth-order valence-electron chi connectivity index (χ4n) is 1.19. The lowest BCUT2D eigenvalue weighted by Crippen LogP contribution is -1.97. The van der Waals surface area contributed by atoms with Gasteiger partial charge >= 0.3 is 0 Å². The molecule has 0 N–H and O–H groups in total. The summed E-state index contributed by atoms with van der Waals surface area (Å²) < 4.78 is 10.8. The summed E-state index contributed by atoms with van der Waals surface area (Å²) in [6.45, 7) is 10.7. The van der Waals surface area contributed by atoms with Crippen LogP contribution in [0.25, 0.3) is 0 Å². The number of methoxy groups -OCH3 is 1. The Balaban J connectivity index is 0.00000121. The number of benzene rings is 1. The molecule has 0 aliphatic heterocycles. The van der Waals surface area contributed by atoms with E-state index in [1.54, 1.807) is 7.11 Å². The normalized spacial score (nSPS) is 8.82. The van der Waals surface area contributed by atoms with Gasteiger partial charge in [-0.15, -0.1) is 0 Å². The molecular formula is C15H24O2. The monoisotopic (exact) mass is 236 g/mol. The molecule has 0 heterocycles. The Labute approximate surface area is 105 Å². The van der Waals surface area contributed by atoms with Crippen molar-refractivity contribution >= 4 is 0 Å². The molecule has 0 atom stereocenters. The largest absolute Gasteiger partial charge is 0.493 e. The number of hydrogen-bond donors (Lipinski definition) is 0. The molecule has 0 saturated heterocycles. The maximum absolute atomic E-state index is 5.59. The highest BCUT2D eigenvalue weighted by atomic mass is 16.5. The first-order valence-electron chi connectivity index (χ1n) is 6.04. The zero-order chi connectivity index (χ0) is 13.3. The second-order valence-electron chi connectivity index (χ2n) is 3.75. The van der Waals surface area contributed by atoms with Gasteiger partial charge in [0.15, 0.2) is 11.5 Å². The van der Waals surface area contributed by atoms with Crippen molar-refractivity contribution in [1.82, 2.24) is 0 Å². The number of rotatable bonds is 4. The molecule has 0 fully saturated rings. The molecule has 0 aliphatic rings. The first-order valence-corrected chi connectivity index (χ1v) is 6.04. The first kappa shape index (κ1) is 15.6. The van der Waals surface area contributed by atoms with Crippen LogP contribution in [0.3, 0.4) is 0 Å². The van der Waals surface area contributed by atoms with Crippen molar-refractivity contribution in [3.05, 3.63) is 35.4 Å². The van der Waals surface area contributed by atoms with E-state index in [1.807, 2.05) is 45.0 Å². The van der Waals surface area contributed by atoms with Crippen LogP contribution in [0, 0.1) is 6.92 Å². The summed E-state index contributed by atoms with van der Waals surface area (Å²) in [5.41, 5.74) is 2.42. The SMILES string of the molecule is CC.COc1cc(C)ccc1OCC=C(C)C. The minimum Gasteiger partial charge on any atom is -0.493 e. The summed E-state index contributed by atoms with van der Waals surface area (Å²) in [6.07, 6.45) is 2.04. The van der Waals surface area contributed by atoms with Crippen LogP contribution in [-0.2, 0) is 0 Å². The van der Waals surface area contributed by atoms with E-state index in [1.165, 1.54) is 11.1 Å². The zero-order valence-electron chi connectivity index (χ0n) is 11.8. The van der Waals surface area contributed by atoms with Crippen molar-refractivity contribution in [2.45, 2.75) is 34.6 Å². The van der Waals surface area contributed by atoms with Crippen LogP contribution in [0.4, 0.5) is 0 Å². The van der Waals surface area contributed by atoms with Gasteiger partial charge in [0.05, 0.1) is 7.11 Å². The van der Waals surface area contributed by atoms with E-state index >= 15 is 0 Å². The average molecular weight is 236 g/mol. The van der Waals surface area contributed by atoms with Crippen LogP contribution < -0.4 is 9.47 Å². The number of hydrogen-bond acceptors (Lipinski definition) is 2. The molecule has 0 radical (unpaired) electrons. The molecule has 0 bridgehead atoms. The minimum atomic E-state index is 0.585. The number of ether oxygens (including phenoxy) is 2. The van der Waals surface area contributed by atoms with Gasteiger partial charge < -0.3 is 9.47 Å². The third-order valence-electron chi connectivity index (χ3n) is 2.05. The Hall–Kier alpha value is -1.44. The Kier molecular flexibility index (Phi) is 7.95. The van der Waals surface area contributed by atoms with Gasteiger partial charge in [-0.2, -0.15) is 0 Å². The standard InChI is InChI=1S/C13H18O2.C2H6/c1-10(2)7-8-15-12-6-5-11(3)9-13(12)14-4;1-2/h5-7,9H,8H2,1-4H3;1-2H3. The highest BCUT2D eigenvalue weighted by molar-refractivity contribution is 5.42. The van der Waals surface area contributed by atoms with E-state index in [-0.39, 0.29) is 0 Å².